The van der Waals surface area contributed by atoms with Gasteiger partial charge in [0, 0.05) is 21.8 Å². The summed E-state index contributed by atoms with van der Waals surface area (Å²) in [5.74, 6) is -53.1. The van der Waals surface area contributed by atoms with Crippen LogP contribution in [0.1, 0.15) is 26.7 Å². The highest BCUT2D eigenvalue weighted by Gasteiger charge is 2.96. The van der Waals surface area contributed by atoms with Gasteiger partial charge in [0.05, 0.1) is 6.10 Å². The number of alkyl halides is 17. The molecule has 1 saturated heterocycles. The number of ether oxygens (including phenoxy) is 1. The van der Waals surface area contributed by atoms with E-state index in [0.717, 1.165) is 6.07 Å². The molecular formula is C25H21F17O4S2. The van der Waals surface area contributed by atoms with Gasteiger partial charge < -0.3 is 4.74 Å². The average Bonchev–Trinajstić information content (AvgIpc) is 3.40. The van der Waals surface area contributed by atoms with Crippen molar-refractivity contribution in [2.24, 2.45) is 0 Å². The minimum atomic E-state index is -8.92. The lowest BCUT2D eigenvalue weighted by atomic mass is 9.91. The van der Waals surface area contributed by atoms with Crippen LogP contribution in [0.15, 0.2) is 41.3 Å². The summed E-state index contributed by atoms with van der Waals surface area (Å²) >= 11 is 0. The summed E-state index contributed by atoms with van der Waals surface area (Å²) in [6.07, 6.45) is -8.56. The molecule has 0 aromatic heterocycles. The Balaban J connectivity index is 2.16. The van der Waals surface area contributed by atoms with E-state index in [1.54, 1.807) is 13.8 Å². The molecule has 23 heteroatoms. The molecule has 0 N–H and O–H groups in total. The molecule has 3 rings (SSSR count). The third kappa shape index (κ3) is 5.62. The number of halogens is 17. The van der Waals surface area contributed by atoms with Gasteiger partial charge in [-0.2, -0.15) is 83.1 Å². The van der Waals surface area contributed by atoms with Gasteiger partial charge in [-0.25, -0.2) is 3.63 Å². The fraction of sp³-hybridized carbons (Fsp3) is 0.600. The van der Waals surface area contributed by atoms with E-state index >= 15 is 0 Å². The van der Waals surface area contributed by atoms with Gasteiger partial charge in [0.25, 0.3) is 0 Å². The van der Waals surface area contributed by atoms with Crippen molar-refractivity contribution in [3.05, 3.63) is 36.4 Å². The minimum Gasteiger partial charge on any atom is -0.490 e. The first kappa shape index (κ1) is 40.0. The van der Waals surface area contributed by atoms with Crippen molar-refractivity contribution < 1.29 is 91.4 Å². The van der Waals surface area contributed by atoms with E-state index < -0.39 is 85.0 Å². The monoisotopic (exact) mass is 772 g/mol. The smallest absolute Gasteiger partial charge is 0.460 e. The molecule has 276 valence electrons. The van der Waals surface area contributed by atoms with Crippen LogP contribution in [0.2, 0.25) is 0 Å². The largest absolute Gasteiger partial charge is 0.490 e. The molecule has 0 atom stereocenters. The van der Waals surface area contributed by atoms with Crippen molar-refractivity contribution in [3.8, 4) is 5.75 Å². The molecule has 0 aliphatic carbocycles. The molecule has 0 bridgehead atoms. The summed E-state index contributed by atoms with van der Waals surface area (Å²) in [5, 5.41) is -7.60. The summed E-state index contributed by atoms with van der Waals surface area (Å²) in [6.45, 7) is 3.17. The van der Waals surface area contributed by atoms with Crippen LogP contribution in [0.25, 0.3) is 10.8 Å². The maximum absolute atomic E-state index is 14.9. The van der Waals surface area contributed by atoms with Gasteiger partial charge in [0.15, 0.2) is 0 Å². The Morgan fingerprint density at radius 2 is 1.02 bits per heavy atom. The van der Waals surface area contributed by atoms with E-state index in [-0.39, 0.29) is 34.3 Å². The lowest BCUT2D eigenvalue weighted by Crippen LogP contribution is -2.75. The number of benzene rings is 2. The van der Waals surface area contributed by atoms with Crippen LogP contribution in [0.4, 0.5) is 74.6 Å². The Hall–Kier alpha value is -2.43. The molecule has 2 aromatic rings. The normalized spacial score (nSPS) is 18.4. The Morgan fingerprint density at radius 3 is 1.46 bits per heavy atom. The predicted molar refractivity (Wildman–Crippen MR) is 135 cm³/mol. The molecule has 0 amide bonds. The zero-order valence-electron chi connectivity index (χ0n) is 23.7. The fourth-order valence-electron chi connectivity index (χ4n) is 4.54. The summed E-state index contributed by atoms with van der Waals surface area (Å²) in [4.78, 5) is -0.299. The number of fused-ring (bicyclic) bond motifs is 1. The van der Waals surface area contributed by atoms with Gasteiger partial charge in [-0.05, 0) is 44.2 Å². The summed E-state index contributed by atoms with van der Waals surface area (Å²) in [5.41, 5.74) is 0. The number of rotatable bonds is 12. The average molecular weight is 773 g/mol. The quantitative estimate of drug-likeness (QED) is 0.202. The molecule has 0 saturated carbocycles. The Labute approximate surface area is 261 Å². The lowest BCUT2D eigenvalue weighted by Gasteiger charge is -2.43. The highest BCUT2D eigenvalue weighted by Crippen LogP contribution is 2.68. The first-order valence-electron chi connectivity index (χ1n) is 12.9. The third-order valence-corrected chi connectivity index (χ3v) is 12.7. The van der Waals surface area contributed by atoms with Crippen LogP contribution in [-0.4, -0.2) is 73.0 Å². The zero-order valence-corrected chi connectivity index (χ0v) is 25.4. The molecule has 48 heavy (non-hydrogen) atoms. The summed E-state index contributed by atoms with van der Waals surface area (Å²) in [7, 11) is -11.6. The van der Waals surface area contributed by atoms with Crippen LogP contribution in [0.3, 0.4) is 0 Å². The van der Waals surface area contributed by atoms with Crippen molar-refractivity contribution in [3.63, 3.8) is 0 Å². The van der Waals surface area contributed by atoms with Crippen LogP contribution >= 0.6 is 10.3 Å². The van der Waals surface area contributed by atoms with Gasteiger partial charge in [-0.1, -0.05) is 34.6 Å². The summed E-state index contributed by atoms with van der Waals surface area (Å²) < 4.78 is 269. The van der Waals surface area contributed by atoms with Crippen LogP contribution in [-0.2, 0) is 13.7 Å². The van der Waals surface area contributed by atoms with Gasteiger partial charge in [0.1, 0.15) is 5.75 Å². The second-order valence-electron chi connectivity index (χ2n) is 10.7. The van der Waals surface area contributed by atoms with E-state index in [9.17, 15) is 83.1 Å². The molecule has 1 heterocycles. The zero-order chi connectivity index (χ0) is 37.4. The second kappa shape index (κ2) is 11.8. The van der Waals surface area contributed by atoms with E-state index in [0.29, 0.717) is 0 Å². The van der Waals surface area contributed by atoms with E-state index in [2.05, 4.69) is 3.63 Å². The van der Waals surface area contributed by atoms with E-state index in [1.165, 1.54) is 30.3 Å². The van der Waals surface area contributed by atoms with Gasteiger partial charge in [-0.3, -0.25) is 0 Å². The Bertz CT molecular complexity index is 1620. The van der Waals surface area contributed by atoms with Crippen LogP contribution < -0.4 is 4.74 Å². The highest BCUT2D eigenvalue weighted by atomic mass is 32.3. The molecular weight excluding hydrogens is 751 g/mol. The molecule has 0 spiro atoms. The van der Waals surface area contributed by atoms with E-state index in [1.807, 2.05) is 0 Å². The third-order valence-electron chi connectivity index (χ3n) is 7.03. The van der Waals surface area contributed by atoms with Gasteiger partial charge in [-0.15, -0.1) is 0 Å². The lowest BCUT2D eigenvalue weighted by molar-refractivity contribution is -0.458. The highest BCUT2D eigenvalue weighted by molar-refractivity contribution is 8.33. The van der Waals surface area contributed by atoms with Crippen molar-refractivity contribution >= 4 is 31.2 Å². The summed E-state index contributed by atoms with van der Waals surface area (Å²) in [6, 6.07) is 7.58. The maximum Gasteiger partial charge on any atom is 0.460 e. The molecule has 2 aromatic carbocycles. The van der Waals surface area contributed by atoms with Crippen LogP contribution in [0, 0.1) is 0 Å². The Morgan fingerprint density at radius 1 is 0.604 bits per heavy atom. The molecule has 1 fully saturated rings. The van der Waals surface area contributed by atoms with Gasteiger partial charge >= 0.3 is 57.1 Å². The van der Waals surface area contributed by atoms with Crippen LogP contribution in [0.5, 0.6) is 5.75 Å². The number of hydrogen-bond donors (Lipinski definition) is 0. The van der Waals surface area contributed by atoms with Crippen molar-refractivity contribution in [1.82, 2.24) is 0 Å². The molecule has 0 unspecified atom stereocenters. The first-order chi connectivity index (χ1) is 21.3. The topological polar surface area (TPSA) is 52.6 Å². The van der Waals surface area contributed by atoms with E-state index in [4.69, 9.17) is 4.74 Å². The molecule has 1 aliphatic heterocycles. The standard InChI is InChI=1S/C25H21F17O4S2/c1-13(2)45-16-9-10-17(15-8-4-3-7-14(15)16)47(11-5-6-12-47)46-48(43,44)25(41,42)23(36,37)21(32,33)19(28,29)18(26,27)20(30,31)22(34,35)24(38,39)40/h3-4,7-10,13H,5-6,11-12H2,1-2H3. The molecule has 4 nitrogen and oxygen atoms in total. The van der Waals surface area contributed by atoms with Crippen molar-refractivity contribution in [2.45, 2.75) is 84.7 Å². The molecule has 1 aliphatic rings. The van der Waals surface area contributed by atoms with Crippen molar-refractivity contribution in [1.29, 1.82) is 0 Å². The maximum atomic E-state index is 14.9. The van der Waals surface area contributed by atoms with Gasteiger partial charge in [0.2, 0.25) is 0 Å². The predicted octanol–water partition coefficient (Wildman–Crippen LogP) is 9.81. The Kier molecular flexibility index (Phi) is 9.86. The SMILES string of the molecule is CC(C)Oc1ccc(S2(OS(=O)(=O)C(F)(F)C(F)(F)C(F)(F)C(F)(F)C(F)(F)C(F)(F)C(F)(F)C(F)(F)F)CCCC2)c2ccccc12. The first-order valence-corrected chi connectivity index (χ1v) is 16.3. The van der Waals surface area contributed by atoms with Crippen molar-refractivity contribution in [2.75, 3.05) is 11.5 Å². The minimum absolute atomic E-state index is 0.0119. The molecule has 0 radical (unpaired) electrons. The second-order valence-corrected chi connectivity index (χ2v) is 15.5. The number of hydrogen-bond acceptors (Lipinski definition) is 4. The fourth-order valence-corrected chi connectivity index (χ4v) is 10.4.